The Hall–Kier alpha value is -3.40. The number of para-hydroxylation sites is 4. The maximum Gasteiger partial charge on any atom is 0.339 e. The van der Waals surface area contributed by atoms with Crippen molar-refractivity contribution in [1.82, 2.24) is 9.55 Å². The van der Waals surface area contributed by atoms with Crippen molar-refractivity contribution in [3.63, 3.8) is 0 Å². The molecule has 4 aromatic rings. The minimum atomic E-state index is -0.166. The largest absolute Gasteiger partial charge is 0.339 e. The lowest BCUT2D eigenvalue weighted by Gasteiger charge is -2.23. The third-order valence-electron chi connectivity index (χ3n) is 3.88. The molecule has 0 radical (unpaired) electrons. The van der Waals surface area contributed by atoms with Crippen LogP contribution in [0.2, 0.25) is 0 Å². The number of carbonyl (C=O) groups excluding carboxylic acids is 1. The second kappa shape index (κ2) is 6.01. The maximum absolute atomic E-state index is 13.3. The van der Waals surface area contributed by atoms with Crippen molar-refractivity contribution in [2.75, 3.05) is 4.90 Å². The van der Waals surface area contributed by atoms with Crippen molar-refractivity contribution in [1.29, 1.82) is 0 Å². The van der Waals surface area contributed by atoms with E-state index >= 15 is 0 Å². The molecule has 0 atom stereocenters. The van der Waals surface area contributed by atoms with Crippen LogP contribution < -0.4 is 4.90 Å². The van der Waals surface area contributed by atoms with Crippen LogP contribution in [0.15, 0.2) is 91.3 Å². The number of hydrogen-bond acceptors (Lipinski definition) is 2. The highest BCUT2D eigenvalue weighted by Gasteiger charge is 2.21. The minimum Gasteiger partial charge on any atom is -0.262 e. The van der Waals surface area contributed by atoms with Crippen molar-refractivity contribution in [3.05, 3.63) is 91.3 Å². The van der Waals surface area contributed by atoms with Crippen LogP contribution in [0.4, 0.5) is 16.2 Å². The Balaban J connectivity index is 1.86. The molecule has 0 saturated heterocycles. The number of fused-ring (bicyclic) bond motifs is 1. The third-order valence-corrected chi connectivity index (χ3v) is 3.88. The maximum atomic E-state index is 13.3. The van der Waals surface area contributed by atoms with Gasteiger partial charge in [-0.05, 0) is 36.4 Å². The Labute approximate surface area is 139 Å². The standard InChI is InChI=1S/C20H15N3O/c24-20(22-15-21-18-13-7-8-14-19(18)22)23(16-9-3-1-4-10-16)17-11-5-2-6-12-17/h1-15H. The van der Waals surface area contributed by atoms with Gasteiger partial charge in [0.05, 0.1) is 22.4 Å². The van der Waals surface area contributed by atoms with Gasteiger partial charge in [-0.15, -0.1) is 0 Å². The molecule has 0 aliphatic heterocycles. The lowest BCUT2D eigenvalue weighted by atomic mass is 10.2. The quantitative estimate of drug-likeness (QED) is 0.531. The first-order valence-electron chi connectivity index (χ1n) is 7.71. The predicted molar refractivity (Wildman–Crippen MR) is 95.6 cm³/mol. The second-order valence-electron chi connectivity index (χ2n) is 5.39. The first kappa shape index (κ1) is 14.2. The van der Waals surface area contributed by atoms with Crippen LogP contribution in [0.3, 0.4) is 0 Å². The van der Waals surface area contributed by atoms with Gasteiger partial charge in [0, 0.05) is 0 Å². The number of rotatable bonds is 2. The highest BCUT2D eigenvalue weighted by molar-refractivity contribution is 6.04. The van der Waals surface area contributed by atoms with Crippen LogP contribution in [0, 0.1) is 0 Å². The highest BCUT2D eigenvalue weighted by atomic mass is 16.2. The number of hydrogen-bond donors (Lipinski definition) is 0. The molecule has 4 rings (SSSR count). The van der Waals surface area contributed by atoms with Gasteiger partial charge in [-0.25, -0.2) is 14.3 Å². The van der Waals surface area contributed by atoms with E-state index < -0.39 is 0 Å². The van der Waals surface area contributed by atoms with Gasteiger partial charge in [-0.3, -0.25) is 4.90 Å². The Bertz CT molecular complexity index is 938. The van der Waals surface area contributed by atoms with Gasteiger partial charge in [-0.1, -0.05) is 48.5 Å². The molecular weight excluding hydrogens is 298 g/mol. The summed E-state index contributed by atoms with van der Waals surface area (Å²) < 4.78 is 1.58. The van der Waals surface area contributed by atoms with E-state index in [9.17, 15) is 4.79 Å². The van der Waals surface area contributed by atoms with E-state index in [0.29, 0.717) is 0 Å². The number of benzene rings is 3. The molecule has 0 aliphatic rings. The Morgan fingerprint density at radius 2 is 1.29 bits per heavy atom. The van der Waals surface area contributed by atoms with Gasteiger partial charge in [0.15, 0.2) is 0 Å². The Morgan fingerprint density at radius 3 is 1.92 bits per heavy atom. The lowest BCUT2D eigenvalue weighted by Crippen LogP contribution is -2.30. The van der Waals surface area contributed by atoms with E-state index in [4.69, 9.17) is 0 Å². The normalized spacial score (nSPS) is 10.7. The molecule has 4 heteroatoms. The number of carbonyl (C=O) groups is 1. The van der Waals surface area contributed by atoms with E-state index in [-0.39, 0.29) is 6.03 Å². The van der Waals surface area contributed by atoms with Gasteiger partial charge in [0.2, 0.25) is 0 Å². The zero-order chi connectivity index (χ0) is 16.4. The number of amides is 1. The molecule has 1 aromatic heterocycles. The Morgan fingerprint density at radius 1 is 0.750 bits per heavy atom. The summed E-state index contributed by atoms with van der Waals surface area (Å²) >= 11 is 0. The molecule has 3 aromatic carbocycles. The third kappa shape index (κ3) is 2.44. The van der Waals surface area contributed by atoms with Gasteiger partial charge < -0.3 is 0 Å². The first-order valence-corrected chi connectivity index (χ1v) is 7.71. The van der Waals surface area contributed by atoms with Gasteiger partial charge >= 0.3 is 6.03 Å². The van der Waals surface area contributed by atoms with Crippen molar-refractivity contribution in [2.24, 2.45) is 0 Å². The summed E-state index contributed by atoms with van der Waals surface area (Å²) in [4.78, 5) is 19.3. The fraction of sp³-hybridized carbons (Fsp3) is 0. The molecule has 0 fully saturated rings. The average Bonchev–Trinajstić information content (AvgIpc) is 3.08. The molecule has 0 bridgehead atoms. The van der Waals surface area contributed by atoms with Gasteiger partial charge in [0.25, 0.3) is 0 Å². The molecule has 0 unspecified atom stereocenters. The van der Waals surface area contributed by atoms with E-state index in [1.54, 1.807) is 15.8 Å². The molecule has 1 heterocycles. The minimum absolute atomic E-state index is 0.166. The molecule has 0 N–H and O–H groups in total. The molecule has 0 saturated carbocycles. The van der Waals surface area contributed by atoms with Gasteiger partial charge in [0.1, 0.15) is 6.33 Å². The van der Waals surface area contributed by atoms with Crippen molar-refractivity contribution in [3.8, 4) is 0 Å². The molecule has 116 valence electrons. The fourth-order valence-corrected chi connectivity index (χ4v) is 2.74. The summed E-state index contributed by atoms with van der Waals surface area (Å²) in [5, 5.41) is 0. The zero-order valence-electron chi connectivity index (χ0n) is 12.9. The van der Waals surface area contributed by atoms with Crippen LogP contribution >= 0.6 is 0 Å². The smallest absolute Gasteiger partial charge is 0.262 e. The van der Waals surface area contributed by atoms with E-state index in [0.717, 1.165) is 22.4 Å². The van der Waals surface area contributed by atoms with Crippen LogP contribution in [-0.4, -0.2) is 15.6 Å². The molecule has 0 aliphatic carbocycles. The van der Waals surface area contributed by atoms with Crippen LogP contribution in [0.5, 0.6) is 0 Å². The topological polar surface area (TPSA) is 38.1 Å². The molecule has 1 amide bonds. The summed E-state index contributed by atoms with van der Waals surface area (Å²) in [6, 6.07) is 26.7. The SMILES string of the molecule is O=C(N(c1ccccc1)c1ccccc1)n1cnc2ccccc21. The zero-order valence-corrected chi connectivity index (χ0v) is 12.9. The Kier molecular flexibility index (Phi) is 3.56. The lowest BCUT2D eigenvalue weighted by molar-refractivity contribution is 0.250. The van der Waals surface area contributed by atoms with Gasteiger partial charge in [-0.2, -0.15) is 0 Å². The number of nitrogens with zero attached hydrogens (tertiary/aromatic N) is 3. The number of imidazole rings is 1. The second-order valence-corrected chi connectivity index (χ2v) is 5.39. The summed E-state index contributed by atoms with van der Waals surface area (Å²) in [6.45, 7) is 0. The molecule has 4 nitrogen and oxygen atoms in total. The predicted octanol–water partition coefficient (Wildman–Crippen LogP) is 4.84. The van der Waals surface area contributed by atoms with Crippen molar-refractivity contribution >= 4 is 28.4 Å². The molecule has 0 spiro atoms. The number of aromatic nitrogens is 2. The first-order chi connectivity index (χ1) is 11.8. The van der Waals surface area contributed by atoms with Crippen LogP contribution in [-0.2, 0) is 0 Å². The molecular formula is C20H15N3O. The van der Waals surface area contributed by atoms with E-state index in [2.05, 4.69) is 4.98 Å². The fourth-order valence-electron chi connectivity index (χ4n) is 2.74. The van der Waals surface area contributed by atoms with Crippen molar-refractivity contribution < 1.29 is 4.79 Å². The van der Waals surface area contributed by atoms with E-state index in [1.807, 2.05) is 84.9 Å². The average molecular weight is 313 g/mol. The molecule has 24 heavy (non-hydrogen) atoms. The van der Waals surface area contributed by atoms with E-state index in [1.165, 1.54) is 0 Å². The van der Waals surface area contributed by atoms with Crippen molar-refractivity contribution in [2.45, 2.75) is 0 Å². The number of anilines is 2. The summed E-state index contributed by atoms with van der Waals surface area (Å²) in [7, 11) is 0. The van der Waals surface area contributed by atoms with Crippen LogP contribution in [0.25, 0.3) is 11.0 Å². The highest BCUT2D eigenvalue weighted by Crippen LogP contribution is 2.27. The summed E-state index contributed by atoms with van der Waals surface area (Å²) in [6.07, 6.45) is 1.58. The monoisotopic (exact) mass is 313 g/mol. The van der Waals surface area contributed by atoms with Crippen LogP contribution in [0.1, 0.15) is 0 Å². The summed E-state index contributed by atoms with van der Waals surface area (Å²) in [5.41, 5.74) is 3.21. The summed E-state index contributed by atoms with van der Waals surface area (Å²) in [5.74, 6) is 0.